The predicted molar refractivity (Wildman–Crippen MR) is 87.0 cm³/mol. The van der Waals surface area contributed by atoms with E-state index >= 15 is 0 Å². The molecule has 0 bridgehead atoms. The van der Waals surface area contributed by atoms with Crippen molar-refractivity contribution in [3.05, 3.63) is 60.2 Å². The maximum Gasteiger partial charge on any atom is 0.165 e. The van der Waals surface area contributed by atoms with Gasteiger partial charge in [0.2, 0.25) is 0 Å². The maximum atomic E-state index is 10.1. The monoisotopic (exact) mass is 274 g/mol. The van der Waals surface area contributed by atoms with Gasteiger partial charge < -0.3 is 10.2 Å². The molecule has 2 N–H and O–H groups in total. The molecular formula is C19H14O2. The van der Waals surface area contributed by atoms with E-state index in [-0.39, 0.29) is 11.5 Å². The van der Waals surface area contributed by atoms with Crippen LogP contribution in [0.1, 0.15) is 5.56 Å². The molecule has 0 aliphatic carbocycles. The fraction of sp³-hybridized carbons (Fsp3) is 0.0526. The lowest BCUT2D eigenvalue weighted by atomic mass is 9.93. The van der Waals surface area contributed by atoms with Gasteiger partial charge in [-0.05, 0) is 63.7 Å². The van der Waals surface area contributed by atoms with Crippen molar-refractivity contribution in [3.63, 3.8) is 0 Å². The molecule has 0 amide bonds. The minimum atomic E-state index is -0.0831. The molecule has 0 fully saturated rings. The van der Waals surface area contributed by atoms with E-state index in [0.717, 1.165) is 16.2 Å². The van der Waals surface area contributed by atoms with Crippen molar-refractivity contribution in [2.24, 2.45) is 0 Å². The Morgan fingerprint density at radius 2 is 1.48 bits per heavy atom. The Morgan fingerprint density at radius 3 is 2.33 bits per heavy atom. The van der Waals surface area contributed by atoms with Crippen molar-refractivity contribution in [2.45, 2.75) is 6.92 Å². The van der Waals surface area contributed by atoms with Crippen LogP contribution in [0.2, 0.25) is 0 Å². The standard InChI is InChI=1S/C19H14O2/c1-11-14-5-3-2-4-12(14)10-13-6-7-16-15(18(11)13)8-9-17(20)19(16)21/h2-10,20-21H,1H3. The lowest BCUT2D eigenvalue weighted by Crippen LogP contribution is -1.85. The Labute approximate surface area is 121 Å². The molecule has 0 atom stereocenters. The highest BCUT2D eigenvalue weighted by Crippen LogP contribution is 2.39. The molecule has 0 aromatic heterocycles. The molecule has 4 aromatic rings. The van der Waals surface area contributed by atoms with Crippen molar-refractivity contribution < 1.29 is 10.2 Å². The molecule has 0 saturated heterocycles. The van der Waals surface area contributed by atoms with Crippen LogP contribution in [-0.4, -0.2) is 10.2 Å². The molecule has 2 heteroatoms. The minimum absolute atomic E-state index is 0.0537. The second kappa shape index (κ2) is 4.13. The zero-order valence-corrected chi connectivity index (χ0v) is 11.6. The molecule has 2 nitrogen and oxygen atoms in total. The summed E-state index contributed by atoms with van der Waals surface area (Å²) in [5.74, 6) is -0.137. The van der Waals surface area contributed by atoms with Gasteiger partial charge in [-0.25, -0.2) is 0 Å². The summed E-state index contributed by atoms with van der Waals surface area (Å²) in [5, 5.41) is 26.1. The third-order valence-electron chi connectivity index (χ3n) is 4.23. The van der Waals surface area contributed by atoms with E-state index in [2.05, 4.69) is 25.1 Å². The van der Waals surface area contributed by atoms with Gasteiger partial charge in [-0.15, -0.1) is 0 Å². The van der Waals surface area contributed by atoms with Crippen LogP contribution in [0.4, 0.5) is 0 Å². The van der Waals surface area contributed by atoms with Gasteiger partial charge in [0.1, 0.15) is 0 Å². The Kier molecular flexibility index (Phi) is 2.36. The van der Waals surface area contributed by atoms with Crippen LogP contribution in [-0.2, 0) is 0 Å². The maximum absolute atomic E-state index is 10.1. The fourth-order valence-corrected chi connectivity index (χ4v) is 3.20. The van der Waals surface area contributed by atoms with Gasteiger partial charge in [-0.1, -0.05) is 30.3 Å². The molecule has 0 spiro atoms. The second-order valence-corrected chi connectivity index (χ2v) is 5.41. The Hall–Kier alpha value is -2.74. The highest BCUT2D eigenvalue weighted by molar-refractivity contribution is 6.16. The lowest BCUT2D eigenvalue weighted by molar-refractivity contribution is 0.408. The van der Waals surface area contributed by atoms with E-state index < -0.39 is 0 Å². The van der Waals surface area contributed by atoms with E-state index in [9.17, 15) is 10.2 Å². The summed E-state index contributed by atoms with van der Waals surface area (Å²) in [4.78, 5) is 0. The smallest absolute Gasteiger partial charge is 0.165 e. The fourth-order valence-electron chi connectivity index (χ4n) is 3.20. The number of benzene rings is 4. The first-order chi connectivity index (χ1) is 10.2. The van der Waals surface area contributed by atoms with Crippen LogP contribution >= 0.6 is 0 Å². The van der Waals surface area contributed by atoms with Crippen molar-refractivity contribution in [2.75, 3.05) is 0 Å². The normalized spacial score (nSPS) is 11.5. The van der Waals surface area contributed by atoms with Gasteiger partial charge in [0.25, 0.3) is 0 Å². The van der Waals surface area contributed by atoms with Gasteiger partial charge in [-0.2, -0.15) is 0 Å². The van der Waals surface area contributed by atoms with Gasteiger partial charge in [0, 0.05) is 5.39 Å². The lowest BCUT2D eigenvalue weighted by Gasteiger charge is -2.12. The van der Waals surface area contributed by atoms with E-state index in [1.807, 2.05) is 30.3 Å². The SMILES string of the molecule is Cc1c2ccccc2cc2ccc3c(O)c(O)ccc3c12. The Morgan fingerprint density at radius 1 is 0.714 bits per heavy atom. The molecular weight excluding hydrogens is 260 g/mol. The first kappa shape index (κ1) is 12.0. The minimum Gasteiger partial charge on any atom is -0.504 e. The summed E-state index contributed by atoms with van der Waals surface area (Å²) in [6, 6.07) is 17.7. The molecule has 102 valence electrons. The summed E-state index contributed by atoms with van der Waals surface area (Å²) in [6.45, 7) is 2.11. The number of phenols is 2. The van der Waals surface area contributed by atoms with Crippen LogP contribution in [0, 0.1) is 6.92 Å². The first-order valence-corrected chi connectivity index (χ1v) is 6.92. The van der Waals surface area contributed by atoms with Crippen molar-refractivity contribution in [3.8, 4) is 11.5 Å². The summed E-state index contributed by atoms with van der Waals surface area (Å²) < 4.78 is 0. The quantitative estimate of drug-likeness (QED) is 0.273. The average Bonchev–Trinajstić information content (AvgIpc) is 2.51. The Bertz CT molecular complexity index is 1020. The molecule has 0 heterocycles. The predicted octanol–water partition coefficient (Wildman–Crippen LogP) is 4.87. The summed E-state index contributed by atoms with van der Waals surface area (Å²) in [6.07, 6.45) is 0. The van der Waals surface area contributed by atoms with E-state index in [4.69, 9.17) is 0 Å². The van der Waals surface area contributed by atoms with E-state index in [1.54, 1.807) is 6.07 Å². The molecule has 0 radical (unpaired) electrons. The third-order valence-corrected chi connectivity index (χ3v) is 4.23. The third kappa shape index (κ3) is 1.59. The topological polar surface area (TPSA) is 40.5 Å². The molecule has 4 aromatic carbocycles. The summed E-state index contributed by atoms with van der Waals surface area (Å²) >= 11 is 0. The van der Waals surface area contributed by atoms with Crippen LogP contribution < -0.4 is 0 Å². The number of aromatic hydroxyl groups is 2. The highest BCUT2D eigenvalue weighted by atomic mass is 16.3. The highest BCUT2D eigenvalue weighted by Gasteiger charge is 2.11. The summed E-state index contributed by atoms with van der Waals surface area (Å²) in [7, 11) is 0. The second-order valence-electron chi connectivity index (χ2n) is 5.41. The van der Waals surface area contributed by atoms with E-state index in [0.29, 0.717) is 5.39 Å². The van der Waals surface area contributed by atoms with Crippen molar-refractivity contribution in [1.82, 2.24) is 0 Å². The van der Waals surface area contributed by atoms with Gasteiger partial charge in [0.15, 0.2) is 11.5 Å². The van der Waals surface area contributed by atoms with E-state index in [1.165, 1.54) is 16.3 Å². The molecule has 21 heavy (non-hydrogen) atoms. The number of fused-ring (bicyclic) bond motifs is 4. The molecule has 0 unspecified atom stereocenters. The summed E-state index contributed by atoms with van der Waals surface area (Å²) in [5.41, 5.74) is 1.19. The number of rotatable bonds is 0. The van der Waals surface area contributed by atoms with Gasteiger partial charge >= 0.3 is 0 Å². The van der Waals surface area contributed by atoms with Gasteiger partial charge in [-0.3, -0.25) is 0 Å². The van der Waals surface area contributed by atoms with Crippen LogP contribution in [0.15, 0.2) is 54.6 Å². The average molecular weight is 274 g/mol. The number of hydrogen-bond acceptors (Lipinski definition) is 2. The van der Waals surface area contributed by atoms with Crippen LogP contribution in [0.25, 0.3) is 32.3 Å². The zero-order valence-electron chi connectivity index (χ0n) is 11.6. The number of hydrogen-bond donors (Lipinski definition) is 2. The molecule has 0 aliphatic heterocycles. The van der Waals surface area contributed by atoms with Crippen molar-refractivity contribution >= 4 is 32.3 Å². The van der Waals surface area contributed by atoms with Crippen LogP contribution in [0.5, 0.6) is 11.5 Å². The zero-order chi connectivity index (χ0) is 14.6. The molecule has 0 aliphatic rings. The molecule has 0 saturated carbocycles. The van der Waals surface area contributed by atoms with Crippen molar-refractivity contribution in [1.29, 1.82) is 0 Å². The Balaban J connectivity index is 2.30. The van der Waals surface area contributed by atoms with Crippen LogP contribution in [0.3, 0.4) is 0 Å². The largest absolute Gasteiger partial charge is 0.504 e. The first-order valence-electron chi connectivity index (χ1n) is 6.92. The number of aryl methyl sites for hydroxylation is 1. The molecule has 4 rings (SSSR count). The number of phenolic OH excluding ortho intramolecular Hbond substituents is 2. The van der Waals surface area contributed by atoms with Gasteiger partial charge in [0.05, 0.1) is 0 Å².